The standard InChI is InChI=1S/C17H14ClF3N4O/c18-11-4-3-5-12(10-11)23-16(26)22-8-9-25-14-7-2-1-6-13(14)24-15(25)17(19,20)21/h1-7,10H,8-9H2,(H2,22,23,26). The summed E-state index contributed by atoms with van der Waals surface area (Å²) < 4.78 is 40.7. The van der Waals surface area contributed by atoms with Gasteiger partial charge >= 0.3 is 12.2 Å². The largest absolute Gasteiger partial charge is 0.449 e. The number of anilines is 1. The molecule has 0 aliphatic heterocycles. The van der Waals surface area contributed by atoms with Crippen LogP contribution in [-0.4, -0.2) is 22.1 Å². The molecule has 0 atom stereocenters. The lowest BCUT2D eigenvalue weighted by molar-refractivity contribution is -0.146. The zero-order valence-corrected chi connectivity index (χ0v) is 14.1. The van der Waals surface area contributed by atoms with Crippen molar-refractivity contribution in [3.8, 4) is 0 Å². The quantitative estimate of drug-likeness (QED) is 0.696. The lowest BCUT2D eigenvalue weighted by atomic mass is 10.3. The SMILES string of the molecule is O=C(NCCn1c(C(F)(F)F)nc2ccccc21)Nc1cccc(Cl)c1. The van der Waals surface area contributed by atoms with E-state index in [2.05, 4.69) is 15.6 Å². The first-order chi connectivity index (χ1) is 12.3. The third kappa shape index (κ3) is 4.08. The fourth-order valence-corrected chi connectivity index (χ4v) is 2.73. The van der Waals surface area contributed by atoms with Crippen molar-refractivity contribution in [1.29, 1.82) is 0 Å². The van der Waals surface area contributed by atoms with E-state index in [1.807, 2.05) is 0 Å². The Morgan fingerprint density at radius 2 is 1.92 bits per heavy atom. The molecule has 0 spiro atoms. The van der Waals surface area contributed by atoms with Crippen LogP contribution in [0.25, 0.3) is 11.0 Å². The van der Waals surface area contributed by atoms with E-state index in [0.29, 0.717) is 16.2 Å². The van der Waals surface area contributed by atoms with Crippen LogP contribution in [0.2, 0.25) is 5.02 Å². The molecule has 2 N–H and O–H groups in total. The molecule has 0 saturated heterocycles. The molecular weight excluding hydrogens is 369 g/mol. The fourth-order valence-electron chi connectivity index (χ4n) is 2.54. The molecule has 9 heteroatoms. The minimum atomic E-state index is -4.58. The van der Waals surface area contributed by atoms with Gasteiger partial charge in [-0.1, -0.05) is 29.8 Å². The van der Waals surface area contributed by atoms with Gasteiger partial charge in [0.15, 0.2) is 0 Å². The van der Waals surface area contributed by atoms with Crippen LogP contribution in [0, 0.1) is 0 Å². The maximum absolute atomic E-state index is 13.2. The van der Waals surface area contributed by atoms with Crippen LogP contribution >= 0.6 is 11.6 Å². The second-order valence-corrected chi connectivity index (χ2v) is 5.90. The van der Waals surface area contributed by atoms with Gasteiger partial charge in [0.1, 0.15) is 0 Å². The highest BCUT2D eigenvalue weighted by Crippen LogP contribution is 2.31. The molecule has 2 aromatic carbocycles. The highest BCUT2D eigenvalue weighted by molar-refractivity contribution is 6.30. The highest BCUT2D eigenvalue weighted by Gasteiger charge is 2.37. The number of benzene rings is 2. The Kier molecular flexibility index (Phi) is 5.03. The molecule has 0 fully saturated rings. The van der Waals surface area contributed by atoms with Crippen molar-refractivity contribution in [3.63, 3.8) is 0 Å². The summed E-state index contributed by atoms with van der Waals surface area (Å²) in [5.74, 6) is -0.990. The summed E-state index contributed by atoms with van der Waals surface area (Å²) in [7, 11) is 0. The van der Waals surface area contributed by atoms with E-state index in [9.17, 15) is 18.0 Å². The number of halogens is 4. The molecule has 0 unspecified atom stereocenters. The van der Waals surface area contributed by atoms with Crippen LogP contribution in [-0.2, 0) is 12.7 Å². The van der Waals surface area contributed by atoms with Gasteiger partial charge in [0.25, 0.3) is 0 Å². The number of alkyl halides is 3. The molecule has 136 valence electrons. The van der Waals surface area contributed by atoms with Gasteiger partial charge in [-0.05, 0) is 30.3 Å². The summed E-state index contributed by atoms with van der Waals surface area (Å²) in [5.41, 5.74) is 1.10. The van der Waals surface area contributed by atoms with E-state index < -0.39 is 18.0 Å². The molecule has 1 heterocycles. The molecule has 0 aliphatic rings. The Bertz CT molecular complexity index is 939. The zero-order chi connectivity index (χ0) is 18.7. The molecule has 0 radical (unpaired) electrons. The monoisotopic (exact) mass is 382 g/mol. The zero-order valence-electron chi connectivity index (χ0n) is 13.3. The number of fused-ring (bicyclic) bond motifs is 1. The third-order valence-electron chi connectivity index (χ3n) is 3.61. The van der Waals surface area contributed by atoms with Crippen molar-refractivity contribution >= 4 is 34.4 Å². The van der Waals surface area contributed by atoms with E-state index in [4.69, 9.17) is 11.6 Å². The van der Waals surface area contributed by atoms with Gasteiger partial charge in [-0.15, -0.1) is 0 Å². The number of nitrogens with one attached hydrogen (secondary N) is 2. The van der Waals surface area contributed by atoms with Gasteiger partial charge in [0.05, 0.1) is 11.0 Å². The summed E-state index contributed by atoms with van der Waals surface area (Å²) in [5, 5.41) is 5.55. The van der Waals surface area contributed by atoms with Gasteiger partial charge in [-0.3, -0.25) is 0 Å². The van der Waals surface area contributed by atoms with Crippen LogP contribution < -0.4 is 10.6 Å². The number of amides is 2. The van der Waals surface area contributed by atoms with Crippen molar-refractivity contribution in [2.75, 3.05) is 11.9 Å². The van der Waals surface area contributed by atoms with Gasteiger partial charge in [0, 0.05) is 23.8 Å². The predicted molar refractivity (Wildman–Crippen MR) is 93.2 cm³/mol. The van der Waals surface area contributed by atoms with Gasteiger partial charge in [-0.2, -0.15) is 13.2 Å². The smallest absolute Gasteiger partial charge is 0.336 e. The number of hydrogen-bond donors (Lipinski definition) is 2. The Morgan fingerprint density at radius 3 is 2.65 bits per heavy atom. The highest BCUT2D eigenvalue weighted by atomic mass is 35.5. The van der Waals surface area contributed by atoms with E-state index in [1.165, 1.54) is 6.07 Å². The van der Waals surface area contributed by atoms with Crippen LogP contribution in [0.1, 0.15) is 5.82 Å². The summed E-state index contributed by atoms with van der Waals surface area (Å²) in [6.07, 6.45) is -4.58. The first kappa shape index (κ1) is 18.1. The van der Waals surface area contributed by atoms with Crippen LogP contribution in [0.5, 0.6) is 0 Å². The van der Waals surface area contributed by atoms with Gasteiger partial charge < -0.3 is 15.2 Å². The fraction of sp³-hybridized carbons (Fsp3) is 0.176. The minimum absolute atomic E-state index is 0.00413. The van der Waals surface area contributed by atoms with Crippen molar-refractivity contribution in [1.82, 2.24) is 14.9 Å². The van der Waals surface area contributed by atoms with E-state index in [1.54, 1.807) is 42.5 Å². The summed E-state index contributed by atoms with van der Waals surface area (Å²) in [6, 6.07) is 12.3. The number of hydrogen-bond acceptors (Lipinski definition) is 2. The van der Waals surface area contributed by atoms with Crippen molar-refractivity contribution in [2.24, 2.45) is 0 Å². The predicted octanol–water partition coefficient (Wildman–Crippen LogP) is 4.53. The van der Waals surface area contributed by atoms with E-state index >= 15 is 0 Å². The lowest BCUT2D eigenvalue weighted by Crippen LogP contribution is -2.32. The number of rotatable bonds is 4. The first-order valence-corrected chi connectivity index (χ1v) is 8.05. The number of aromatic nitrogens is 2. The molecule has 0 saturated carbocycles. The van der Waals surface area contributed by atoms with Crippen LogP contribution in [0.15, 0.2) is 48.5 Å². The summed E-state index contributed by atoms with van der Waals surface area (Å²) in [4.78, 5) is 15.5. The van der Waals surface area contributed by atoms with Gasteiger partial charge in [-0.25, -0.2) is 9.78 Å². The van der Waals surface area contributed by atoms with E-state index in [-0.39, 0.29) is 18.6 Å². The van der Waals surface area contributed by atoms with Crippen molar-refractivity contribution in [3.05, 3.63) is 59.4 Å². The van der Waals surface area contributed by atoms with Crippen molar-refractivity contribution < 1.29 is 18.0 Å². The summed E-state index contributed by atoms with van der Waals surface area (Å²) in [6.45, 7) is -0.0752. The third-order valence-corrected chi connectivity index (χ3v) is 3.85. The topological polar surface area (TPSA) is 59.0 Å². The lowest BCUT2D eigenvalue weighted by Gasteiger charge is -2.12. The maximum Gasteiger partial charge on any atom is 0.449 e. The first-order valence-electron chi connectivity index (χ1n) is 7.67. The van der Waals surface area contributed by atoms with Gasteiger partial charge in [0.2, 0.25) is 5.82 Å². The average Bonchev–Trinajstić information content (AvgIpc) is 2.94. The molecule has 2 amide bonds. The number of nitrogens with zero attached hydrogens (tertiary/aromatic N) is 2. The number of carbonyl (C=O) groups is 1. The molecule has 26 heavy (non-hydrogen) atoms. The van der Waals surface area contributed by atoms with E-state index in [0.717, 1.165) is 4.57 Å². The molecule has 5 nitrogen and oxygen atoms in total. The minimum Gasteiger partial charge on any atom is -0.336 e. The number of carbonyl (C=O) groups excluding carboxylic acids is 1. The molecular formula is C17H14ClF3N4O. The Morgan fingerprint density at radius 1 is 1.15 bits per heavy atom. The molecule has 0 bridgehead atoms. The Balaban J connectivity index is 1.69. The van der Waals surface area contributed by atoms with Crippen LogP contribution in [0.3, 0.4) is 0 Å². The Labute approximate surface area is 151 Å². The van der Waals surface area contributed by atoms with Crippen molar-refractivity contribution in [2.45, 2.75) is 12.7 Å². The molecule has 0 aliphatic carbocycles. The maximum atomic E-state index is 13.2. The second-order valence-electron chi connectivity index (χ2n) is 5.46. The average molecular weight is 383 g/mol. The normalized spacial score (nSPS) is 11.5. The number of para-hydroxylation sites is 2. The molecule has 3 rings (SSSR count). The number of urea groups is 1. The Hall–Kier alpha value is -2.74. The number of imidazole rings is 1. The van der Waals surface area contributed by atoms with Crippen LogP contribution in [0.4, 0.5) is 23.7 Å². The molecule has 1 aromatic heterocycles. The second kappa shape index (κ2) is 7.25. The summed E-state index contributed by atoms with van der Waals surface area (Å²) >= 11 is 5.83. The molecule has 3 aromatic rings.